The molecule has 8 rings (SSSR count). The van der Waals surface area contributed by atoms with Crippen LogP contribution in [0.3, 0.4) is 0 Å². The summed E-state index contributed by atoms with van der Waals surface area (Å²) in [5, 5.41) is 3.93. The zero-order chi connectivity index (χ0) is 39.5. The molecule has 0 aromatic heterocycles. The molecule has 0 nitrogen and oxygen atoms in total. The molecule has 15 heteroatoms. The van der Waals surface area contributed by atoms with Crippen LogP contribution in [0.5, 0.6) is 0 Å². The maximum absolute atomic E-state index is 6.96. The Labute approximate surface area is 341 Å². The standard InChI is InChI=1S/C40H11B15/c41-26-19-17(14-8-5-13(6-9-14)16-10-7-12-3-1-2-4-15(12)11-16)20-22(30(45)38(53)36(51)27(20)42)18(21(19)29(44)37(52)35(26)50)23-24-25(32(47)34(49)28(23)43)33(48)40(55)39(54)31(24)46/h1-11H. The second-order valence-corrected chi connectivity index (χ2v) is 13.7. The highest BCUT2D eigenvalue weighted by Gasteiger charge is 2.27. The lowest BCUT2D eigenvalue weighted by Crippen LogP contribution is -2.53. The lowest BCUT2D eigenvalue weighted by molar-refractivity contribution is 1.64. The van der Waals surface area contributed by atoms with Crippen LogP contribution in [0.2, 0.25) is 0 Å². The smallest absolute Gasteiger partial charge is 0.110 e. The van der Waals surface area contributed by atoms with Crippen molar-refractivity contribution in [1.82, 2.24) is 0 Å². The number of rotatable bonds is 3. The van der Waals surface area contributed by atoms with Crippen molar-refractivity contribution in [3.63, 3.8) is 0 Å². The second-order valence-electron chi connectivity index (χ2n) is 13.7. The predicted molar refractivity (Wildman–Crippen MR) is 254 cm³/mol. The molecule has 216 valence electrons. The van der Waals surface area contributed by atoms with Crippen molar-refractivity contribution in [2.75, 3.05) is 0 Å². The third kappa shape index (κ3) is 5.35. The average Bonchev–Trinajstić information content (AvgIpc) is 3.19. The first kappa shape index (κ1) is 37.7. The molecule has 0 N–H and O–H groups in total. The Morgan fingerprint density at radius 1 is 0.218 bits per heavy atom. The van der Waals surface area contributed by atoms with E-state index in [9.17, 15) is 0 Å². The molecule has 0 saturated carbocycles. The minimum absolute atomic E-state index is 0.000649. The summed E-state index contributed by atoms with van der Waals surface area (Å²) in [4.78, 5) is 0. The minimum Gasteiger partial charge on any atom is -0.110 e. The van der Waals surface area contributed by atoms with E-state index in [-0.39, 0.29) is 115 Å². The van der Waals surface area contributed by atoms with Crippen LogP contribution in [0.15, 0.2) is 66.7 Å². The molecular formula is C40H11B15. The molecule has 0 saturated heterocycles. The second kappa shape index (κ2) is 13.5. The van der Waals surface area contributed by atoms with E-state index in [0.29, 0.717) is 21.9 Å². The Hall–Kier alpha value is -4.23. The summed E-state index contributed by atoms with van der Waals surface area (Å²) in [5.41, 5.74) is 3.90. The lowest BCUT2D eigenvalue weighted by atomic mass is 9.56. The number of hydrogen-bond donors (Lipinski definition) is 0. The van der Waals surface area contributed by atoms with E-state index < -0.39 is 0 Å². The zero-order valence-corrected chi connectivity index (χ0v) is 29.5. The molecule has 8 aromatic carbocycles. The molecule has 8 aromatic rings. The van der Waals surface area contributed by atoms with Crippen molar-refractivity contribution in [2.24, 2.45) is 0 Å². The van der Waals surface area contributed by atoms with Crippen LogP contribution in [0.25, 0.3) is 76.5 Å². The van der Waals surface area contributed by atoms with Crippen LogP contribution in [0.1, 0.15) is 0 Å². The van der Waals surface area contributed by atoms with Gasteiger partial charge < -0.3 is 0 Å². The lowest BCUT2D eigenvalue weighted by Gasteiger charge is -2.31. The molecule has 0 bridgehead atoms. The Bertz CT molecular complexity index is 2940. The third-order valence-corrected chi connectivity index (χ3v) is 10.9. The van der Waals surface area contributed by atoms with E-state index in [0.717, 1.165) is 21.9 Å². The largest absolute Gasteiger partial charge is 0.113 e. The first-order valence-corrected chi connectivity index (χ1v) is 17.0. The first-order chi connectivity index (χ1) is 26.1. The molecule has 0 aliphatic heterocycles. The molecule has 0 aliphatic rings. The van der Waals surface area contributed by atoms with Gasteiger partial charge in [0.1, 0.15) is 118 Å². The van der Waals surface area contributed by atoms with E-state index in [1.807, 2.05) is 36.4 Å². The van der Waals surface area contributed by atoms with Gasteiger partial charge in [-0.15, -0.1) is 38.2 Å². The van der Waals surface area contributed by atoms with E-state index in [2.05, 4.69) is 30.3 Å². The molecule has 0 heterocycles. The van der Waals surface area contributed by atoms with E-state index in [4.69, 9.17) is 118 Å². The van der Waals surface area contributed by atoms with E-state index in [1.165, 1.54) is 0 Å². The summed E-state index contributed by atoms with van der Waals surface area (Å²) < 4.78 is 0. The molecule has 0 fully saturated rings. The van der Waals surface area contributed by atoms with Crippen molar-refractivity contribution in [1.29, 1.82) is 0 Å². The van der Waals surface area contributed by atoms with Gasteiger partial charge in [0.2, 0.25) is 0 Å². The van der Waals surface area contributed by atoms with Crippen LogP contribution in [-0.2, 0) is 0 Å². The molecular weight excluding hydrogens is 643 g/mol. The van der Waals surface area contributed by atoms with Crippen molar-refractivity contribution < 1.29 is 0 Å². The van der Waals surface area contributed by atoms with Gasteiger partial charge in [-0.05, 0) is 82.5 Å². The van der Waals surface area contributed by atoms with Crippen molar-refractivity contribution in [3.05, 3.63) is 66.7 Å². The normalized spacial score (nSPS) is 11.6. The fourth-order valence-electron chi connectivity index (χ4n) is 7.86. The van der Waals surface area contributed by atoms with Gasteiger partial charge in [-0.25, -0.2) is 0 Å². The number of fused-ring (bicyclic) bond motifs is 4. The van der Waals surface area contributed by atoms with E-state index in [1.54, 1.807) is 0 Å². The maximum Gasteiger partial charge on any atom is 0.113 e. The van der Waals surface area contributed by atoms with Crippen molar-refractivity contribution in [2.45, 2.75) is 0 Å². The summed E-state index contributed by atoms with van der Waals surface area (Å²) in [6, 6.07) is 22.2. The monoisotopic (exact) mass is 656 g/mol. The Morgan fingerprint density at radius 2 is 0.545 bits per heavy atom. The van der Waals surface area contributed by atoms with Crippen LogP contribution in [0.4, 0.5) is 0 Å². The summed E-state index contributed by atoms with van der Waals surface area (Å²) in [6.45, 7) is 0. The fraction of sp³-hybridized carbons (Fsp3) is 0. The highest BCUT2D eigenvalue weighted by Crippen LogP contribution is 2.41. The SMILES string of the molecule is [B]c1c([B])c([B])c2c(-c3c4c([B])c([B])c([B])c([B])c4c(-c4ccc(-c5ccc6ccccc6c5)cc4)c4c([B])c([B])c([B])c([B])c34)c([B])c([B])c([B])c2c1[B]. The van der Waals surface area contributed by atoms with Gasteiger partial charge in [0.15, 0.2) is 0 Å². The summed E-state index contributed by atoms with van der Waals surface area (Å²) in [5.74, 6) is 0. The molecule has 55 heavy (non-hydrogen) atoms. The van der Waals surface area contributed by atoms with E-state index >= 15 is 0 Å². The quantitative estimate of drug-likeness (QED) is 0.132. The van der Waals surface area contributed by atoms with Crippen LogP contribution < -0.4 is 81.9 Å². The molecule has 0 aliphatic carbocycles. The Morgan fingerprint density at radius 3 is 1.00 bits per heavy atom. The van der Waals surface area contributed by atoms with Gasteiger partial charge >= 0.3 is 0 Å². The summed E-state index contributed by atoms with van der Waals surface area (Å²) in [7, 11) is 100. The van der Waals surface area contributed by atoms with Crippen LogP contribution in [0, 0.1) is 0 Å². The van der Waals surface area contributed by atoms with Gasteiger partial charge in [-0.3, -0.25) is 0 Å². The van der Waals surface area contributed by atoms with Crippen molar-refractivity contribution >= 4 is 243 Å². The van der Waals surface area contributed by atoms with Crippen molar-refractivity contribution in [3.8, 4) is 33.4 Å². The maximum atomic E-state index is 6.96. The Balaban J connectivity index is 1.61. The number of hydrogen-bond acceptors (Lipinski definition) is 0. The van der Waals surface area contributed by atoms with Gasteiger partial charge in [0.25, 0.3) is 0 Å². The summed E-state index contributed by atoms with van der Waals surface area (Å²) in [6.07, 6.45) is 0. The topological polar surface area (TPSA) is 0 Å². The van der Waals surface area contributed by atoms with Gasteiger partial charge in [0, 0.05) is 0 Å². The van der Waals surface area contributed by atoms with Crippen LogP contribution in [-0.4, -0.2) is 118 Å². The molecule has 0 unspecified atom stereocenters. The summed E-state index contributed by atoms with van der Waals surface area (Å²) >= 11 is 0. The molecule has 0 amide bonds. The van der Waals surface area contributed by atoms with Gasteiger partial charge in [-0.1, -0.05) is 104 Å². The minimum atomic E-state index is -0.0302. The number of benzene rings is 8. The molecule has 30 radical (unpaired) electrons. The van der Waals surface area contributed by atoms with Gasteiger partial charge in [-0.2, -0.15) is 0 Å². The fourth-order valence-corrected chi connectivity index (χ4v) is 7.86. The first-order valence-electron chi connectivity index (χ1n) is 17.0. The third-order valence-electron chi connectivity index (χ3n) is 10.9. The average molecular weight is 654 g/mol. The molecule has 0 atom stereocenters. The Kier molecular flexibility index (Phi) is 9.23. The predicted octanol–water partition coefficient (Wildman–Crippen LogP) is -6.79. The highest BCUT2D eigenvalue weighted by atomic mass is 14.3. The van der Waals surface area contributed by atoms with Crippen LogP contribution >= 0.6 is 0 Å². The van der Waals surface area contributed by atoms with Gasteiger partial charge in [0.05, 0.1) is 0 Å². The highest BCUT2D eigenvalue weighted by molar-refractivity contribution is 6.74. The zero-order valence-electron chi connectivity index (χ0n) is 29.5. The molecule has 0 spiro atoms.